The van der Waals surface area contributed by atoms with E-state index in [0.29, 0.717) is 5.92 Å². The summed E-state index contributed by atoms with van der Waals surface area (Å²) >= 11 is 0. The normalized spacial score (nSPS) is 26.8. The van der Waals surface area contributed by atoms with E-state index in [2.05, 4.69) is 22.7 Å². The first-order valence-electron chi connectivity index (χ1n) is 5.97. The van der Waals surface area contributed by atoms with Crippen molar-refractivity contribution in [2.75, 3.05) is 5.43 Å². The monoisotopic (exact) mass is 243 g/mol. The number of rotatable bonds is 3. The zero-order valence-corrected chi connectivity index (χ0v) is 9.74. The molecule has 1 fully saturated rings. The van der Waals surface area contributed by atoms with Crippen LogP contribution in [0, 0.1) is 22.0 Å². The van der Waals surface area contributed by atoms with Crippen LogP contribution < -0.4 is 5.43 Å². The molecule has 0 radical (unpaired) electrons. The van der Waals surface area contributed by atoms with E-state index in [9.17, 15) is 10.1 Å². The summed E-state index contributed by atoms with van der Waals surface area (Å²) in [5, 5.41) is 14.9. The van der Waals surface area contributed by atoms with Crippen LogP contribution in [0.3, 0.4) is 0 Å². The number of hydrogen-bond donors (Lipinski definition) is 1. The van der Waals surface area contributed by atoms with Crippen molar-refractivity contribution in [3.8, 4) is 0 Å². The summed E-state index contributed by atoms with van der Waals surface area (Å²) in [6.07, 6.45) is 6.65. The maximum absolute atomic E-state index is 10.5. The van der Waals surface area contributed by atoms with Crippen molar-refractivity contribution < 1.29 is 4.92 Å². The third-order valence-electron chi connectivity index (χ3n) is 3.55. The van der Waals surface area contributed by atoms with Gasteiger partial charge in [0.1, 0.15) is 0 Å². The van der Waals surface area contributed by atoms with Crippen molar-refractivity contribution in [1.29, 1.82) is 0 Å². The average molecular weight is 243 g/mol. The lowest BCUT2D eigenvalue weighted by Gasteiger charge is -2.31. The molecule has 0 aromatic heterocycles. The van der Waals surface area contributed by atoms with Gasteiger partial charge in [0.15, 0.2) is 0 Å². The first-order chi connectivity index (χ1) is 8.74. The first-order valence-corrected chi connectivity index (χ1v) is 5.97. The summed E-state index contributed by atoms with van der Waals surface area (Å²) in [6.45, 7) is 0. The lowest BCUT2D eigenvalue weighted by Crippen LogP contribution is -2.33. The van der Waals surface area contributed by atoms with E-state index in [1.54, 1.807) is 12.1 Å². The topological polar surface area (TPSA) is 67.5 Å². The predicted octanol–water partition coefficient (Wildman–Crippen LogP) is 2.96. The second-order valence-corrected chi connectivity index (χ2v) is 4.67. The number of nitrogens with zero attached hydrogens (tertiary/aromatic N) is 2. The minimum absolute atomic E-state index is 0.0932. The minimum atomic E-state index is -0.407. The molecular formula is C13H13N3O2. The Labute approximate surface area is 104 Å². The lowest BCUT2D eigenvalue weighted by molar-refractivity contribution is -0.384. The van der Waals surface area contributed by atoms with E-state index in [1.165, 1.54) is 24.3 Å². The van der Waals surface area contributed by atoms with Gasteiger partial charge in [-0.3, -0.25) is 15.5 Å². The number of anilines is 1. The van der Waals surface area contributed by atoms with Gasteiger partial charge in [0.05, 0.1) is 10.6 Å². The predicted molar refractivity (Wildman–Crippen MR) is 69.5 cm³/mol. The molecule has 1 aromatic rings. The van der Waals surface area contributed by atoms with Gasteiger partial charge in [-0.05, 0) is 30.9 Å². The van der Waals surface area contributed by atoms with Crippen LogP contribution in [-0.2, 0) is 0 Å². The Hall–Kier alpha value is -2.17. The van der Waals surface area contributed by atoms with Crippen molar-refractivity contribution in [3.63, 3.8) is 0 Å². The van der Waals surface area contributed by atoms with E-state index in [-0.39, 0.29) is 5.69 Å². The number of hydrazone groups is 1. The Morgan fingerprint density at radius 1 is 1.33 bits per heavy atom. The van der Waals surface area contributed by atoms with Crippen LogP contribution >= 0.6 is 0 Å². The summed E-state index contributed by atoms with van der Waals surface area (Å²) in [6, 6.07) is 6.29. The van der Waals surface area contributed by atoms with Gasteiger partial charge in [0, 0.05) is 23.8 Å². The molecule has 0 amide bonds. The molecule has 3 rings (SSSR count). The second-order valence-electron chi connectivity index (χ2n) is 4.67. The van der Waals surface area contributed by atoms with Crippen molar-refractivity contribution in [3.05, 3.63) is 46.5 Å². The molecule has 5 heteroatoms. The van der Waals surface area contributed by atoms with E-state index >= 15 is 0 Å². The number of nitro benzene ring substituents is 1. The van der Waals surface area contributed by atoms with Crippen LogP contribution in [0.1, 0.15) is 12.8 Å². The SMILES string of the molecule is O=[N+]([O-])c1ccc(N/N=C2/C[C@@H]3CC=C[C@H]23)cc1. The third kappa shape index (κ3) is 1.88. The van der Waals surface area contributed by atoms with E-state index < -0.39 is 4.92 Å². The lowest BCUT2D eigenvalue weighted by atomic mass is 9.74. The largest absolute Gasteiger partial charge is 0.279 e. The molecule has 0 saturated heterocycles. The highest BCUT2D eigenvalue weighted by molar-refractivity contribution is 5.95. The maximum Gasteiger partial charge on any atom is 0.269 e. The fourth-order valence-corrected chi connectivity index (χ4v) is 2.46. The number of non-ortho nitro benzene ring substituents is 1. The molecule has 1 aromatic carbocycles. The van der Waals surface area contributed by atoms with Crippen molar-refractivity contribution in [2.45, 2.75) is 12.8 Å². The van der Waals surface area contributed by atoms with Gasteiger partial charge in [-0.25, -0.2) is 0 Å². The molecule has 0 unspecified atom stereocenters. The molecule has 92 valence electrons. The summed E-state index contributed by atoms with van der Waals surface area (Å²) < 4.78 is 0. The molecular weight excluding hydrogens is 230 g/mol. The Kier molecular flexibility index (Phi) is 2.59. The second kappa shape index (κ2) is 4.25. The number of nitro groups is 1. The van der Waals surface area contributed by atoms with Crippen LogP contribution in [-0.4, -0.2) is 10.6 Å². The molecule has 0 spiro atoms. The van der Waals surface area contributed by atoms with Crippen LogP contribution in [0.2, 0.25) is 0 Å². The Balaban J connectivity index is 1.65. The molecule has 1 saturated carbocycles. The van der Waals surface area contributed by atoms with Crippen molar-refractivity contribution >= 4 is 17.1 Å². The number of allylic oxidation sites excluding steroid dienone is 2. The standard InChI is InChI=1S/C13H13N3O2/c17-16(18)11-6-4-10(5-7-11)14-15-13-8-9-2-1-3-12(9)13/h1,3-7,9,12,14H,2,8H2/b15-13-/t9-,12-/m0/s1. The first kappa shape index (κ1) is 11.0. The highest BCUT2D eigenvalue weighted by atomic mass is 16.6. The molecule has 5 nitrogen and oxygen atoms in total. The van der Waals surface area contributed by atoms with E-state index in [4.69, 9.17) is 0 Å². The number of hydrogen-bond acceptors (Lipinski definition) is 4. The third-order valence-corrected chi connectivity index (χ3v) is 3.55. The van der Waals surface area contributed by atoms with E-state index in [0.717, 1.165) is 18.0 Å². The summed E-state index contributed by atoms with van der Waals surface area (Å²) in [4.78, 5) is 10.1. The number of nitrogens with one attached hydrogen (secondary N) is 1. The number of fused-ring (bicyclic) bond motifs is 1. The van der Waals surface area contributed by atoms with Crippen molar-refractivity contribution in [1.82, 2.24) is 0 Å². The van der Waals surface area contributed by atoms with Crippen LogP contribution in [0.15, 0.2) is 41.5 Å². The molecule has 18 heavy (non-hydrogen) atoms. The fourth-order valence-electron chi connectivity index (χ4n) is 2.46. The highest BCUT2D eigenvalue weighted by Crippen LogP contribution is 2.40. The number of benzene rings is 1. The van der Waals surface area contributed by atoms with Gasteiger partial charge in [-0.15, -0.1) is 0 Å². The Bertz CT molecular complexity index is 534. The molecule has 2 aliphatic rings. The maximum atomic E-state index is 10.5. The van der Waals surface area contributed by atoms with Crippen LogP contribution in [0.4, 0.5) is 11.4 Å². The molecule has 0 aliphatic heterocycles. The molecule has 0 bridgehead atoms. The van der Waals surface area contributed by atoms with Crippen LogP contribution in [0.5, 0.6) is 0 Å². The average Bonchev–Trinajstić information content (AvgIpc) is 2.72. The van der Waals surface area contributed by atoms with E-state index in [1.807, 2.05) is 0 Å². The molecule has 2 aliphatic carbocycles. The van der Waals surface area contributed by atoms with Crippen molar-refractivity contribution in [2.24, 2.45) is 16.9 Å². The summed E-state index contributed by atoms with van der Waals surface area (Å²) in [7, 11) is 0. The quantitative estimate of drug-likeness (QED) is 0.504. The molecule has 0 heterocycles. The Morgan fingerprint density at radius 2 is 2.11 bits per heavy atom. The zero-order chi connectivity index (χ0) is 12.5. The molecule has 2 atom stereocenters. The van der Waals surface area contributed by atoms with Gasteiger partial charge in [0.2, 0.25) is 0 Å². The zero-order valence-electron chi connectivity index (χ0n) is 9.74. The summed E-state index contributed by atoms with van der Waals surface area (Å²) in [5.41, 5.74) is 5.00. The minimum Gasteiger partial charge on any atom is -0.279 e. The van der Waals surface area contributed by atoms with Gasteiger partial charge in [-0.1, -0.05) is 12.2 Å². The fraction of sp³-hybridized carbons (Fsp3) is 0.308. The summed E-state index contributed by atoms with van der Waals surface area (Å²) in [5.74, 6) is 1.26. The molecule has 1 N–H and O–H groups in total. The highest BCUT2D eigenvalue weighted by Gasteiger charge is 2.37. The smallest absolute Gasteiger partial charge is 0.269 e. The Morgan fingerprint density at radius 3 is 2.78 bits per heavy atom. The van der Waals surface area contributed by atoms with Gasteiger partial charge in [0.25, 0.3) is 5.69 Å². The van der Waals surface area contributed by atoms with Gasteiger partial charge >= 0.3 is 0 Å². The van der Waals surface area contributed by atoms with Crippen LogP contribution in [0.25, 0.3) is 0 Å². The van der Waals surface area contributed by atoms with Gasteiger partial charge < -0.3 is 0 Å². The van der Waals surface area contributed by atoms with Gasteiger partial charge in [-0.2, -0.15) is 5.10 Å².